The van der Waals surface area contributed by atoms with Gasteiger partial charge in [0.1, 0.15) is 18.3 Å². The first-order chi connectivity index (χ1) is 18.3. The van der Waals surface area contributed by atoms with Crippen LogP contribution >= 0.6 is 0 Å². The summed E-state index contributed by atoms with van der Waals surface area (Å²) in [6, 6.07) is 11.1. The Hall–Kier alpha value is -4.23. The van der Waals surface area contributed by atoms with E-state index in [1.54, 1.807) is 36.2 Å². The number of benzene rings is 1. The lowest BCUT2D eigenvalue weighted by Gasteiger charge is -2.19. The van der Waals surface area contributed by atoms with Crippen molar-refractivity contribution in [2.75, 3.05) is 19.7 Å². The summed E-state index contributed by atoms with van der Waals surface area (Å²) in [6.45, 7) is 2.78. The van der Waals surface area contributed by atoms with Crippen LogP contribution in [0.5, 0.6) is 5.75 Å². The monoisotopic (exact) mass is 512 g/mol. The van der Waals surface area contributed by atoms with E-state index in [1.807, 2.05) is 22.7 Å². The number of aromatic nitrogens is 4. The van der Waals surface area contributed by atoms with Gasteiger partial charge in [-0.2, -0.15) is 10.4 Å². The Morgan fingerprint density at radius 1 is 1.26 bits per heavy atom. The second kappa shape index (κ2) is 9.26. The SMILES string of the molecule is CC1(O)CCN(C(=O)Cn2nc(Cc3cn4cc(OCC5CC5)c(C#N)cc4n3)c3ccccc3c2=O)C1. The molecule has 4 heterocycles. The molecule has 0 spiro atoms. The number of imidazole rings is 1. The third kappa shape index (κ3) is 4.73. The Bertz CT molecular complexity index is 1660. The van der Waals surface area contributed by atoms with Crippen molar-refractivity contribution >= 4 is 22.3 Å². The molecule has 2 fully saturated rings. The number of nitriles is 1. The predicted molar refractivity (Wildman–Crippen MR) is 139 cm³/mol. The number of rotatable bonds is 7. The van der Waals surface area contributed by atoms with E-state index in [0.717, 1.165) is 12.8 Å². The Balaban J connectivity index is 1.32. The zero-order valence-corrected chi connectivity index (χ0v) is 21.1. The lowest BCUT2D eigenvalue weighted by atomic mass is 10.1. The van der Waals surface area contributed by atoms with Crippen molar-refractivity contribution in [2.45, 2.75) is 44.8 Å². The fraction of sp³-hybridized carbons (Fsp3) is 0.393. The molecule has 38 heavy (non-hydrogen) atoms. The van der Waals surface area contributed by atoms with Crippen LogP contribution in [-0.4, -0.2) is 60.4 Å². The molecule has 1 N–H and O–H groups in total. The lowest BCUT2D eigenvalue weighted by Crippen LogP contribution is -2.38. The number of fused-ring (bicyclic) bond motifs is 2. The molecule has 1 aromatic carbocycles. The van der Waals surface area contributed by atoms with E-state index < -0.39 is 5.60 Å². The number of aliphatic hydroxyl groups is 1. The van der Waals surface area contributed by atoms with Gasteiger partial charge in [-0.25, -0.2) is 9.67 Å². The zero-order chi connectivity index (χ0) is 26.4. The van der Waals surface area contributed by atoms with Crippen molar-refractivity contribution in [3.05, 3.63) is 70.0 Å². The number of nitrogens with zero attached hydrogens (tertiary/aromatic N) is 6. The maximum absolute atomic E-state index is 13.2. The van der Waals surface area contributed by atoms with Gasteiger partial charge in [0.2, 0.25) is 5.91 Å². The third-order valence-electron chi connectivity index (χ3n) is 7.28. The van der Waals surface area contributed by atoms with E-state index in [0.29, 0.717) is 71.0 Å². The minimum absolute atomic E-state index is 0.203. The Labute approximate surface area is 218 Å². The Morgan fingerprint density at radius 3 is 2.76 bits per heavy atom. The summed E-state index contributed by atoms with van der Waals surface area (Å²) in [5.74, 6) is 0.845. The first kappa shape index (κ1) is 24.1. The van der Waals surface area contributed by atoms with Gasteiger partial charge in [0.15, 0.2) is 5.75 Å². The van der Waals surface area contributed by atoms with Crippen LogP contribution in [0.1, 0.15) is 43.1 Å². The number of likely N-dealkylation sites (tertiary alicyclic amines) is 1. The second-order valence-electron chi connectivity index (χ2n) is 10.6. The lowest BCUT2D eigenvalue weighted by molar-refractivity contribution is -0.131. The summed E-state index contributed by atoms with van der Waals surface area (Å²) in [5.41, 5.74) is 1.12. The van der Waals surface area contributed by atoms with Crippen LogP contribution in [0.25, 0.3) is 16.4 Å². The molecule has 1 unspecified atom stereocenters. The number of β-amino-alcohol motifs (C(OH)–C–C–N with tert-alkyl or cyclic N) is 1. The molecule has 0 radical (unpaired) electrons. The molecular formula is C28H28N6O4. The molecular weight excluding hydrogens is 484 g/mol. The van der Waals surface area contributed by atoms with Crippen molar-refractivity contribution in [2.24, 2.45) is 5.92 Å². The van der Waals surface area contributed by atoms with Crippen LogP contribution in [0.3, 0.4) is 0 Å². The predicted octanol–water partition coefficient (Wildman–Crippen LogP) is 2.28. The molecule has 1 saturated heterocycles. The van der Waals surface area contributed by atoms with E-state index in [4.69, 9.17) is 9.72 Å². The van der Waals surface area contributed by atoms with Crippen LogP contribution in [0.15, 0.2) is 47.5 Å². The molecule has 0 bridgehead atoms. The largest absolute Gasteiger partial charge is 0.490 e. The quantitative estimate of drug-likeness (QED) is 0.403. The first-order valence-corrected chi connectivity index (χ1v) is 12.8. The van der Waals surface area contributed by atoms with E-state index in [9.17, 15) is 20.0 Å². The minimum atomic E-state index is -0.917. The fourth-order valence-electron chi connectivity index (χ4n) is 4.95. The number of carbonyl (C=O) groups excluding carboxylic acids is 1. The molecule has 1 saturated carbocycles. The van der Waals surface area contributed by atoms with E-state index in [1.165, 1.54) is 4.68 Å². The Morgan fingerprint density at radius 2 is 2.05 bits per heavy atom. The number of carbonyl (C=O) groups is 1. The molecule has 6 rings (SSSR count). The highest BCUT2D eigenvalue weighted by atomic mass is 16.5. The van der Waals surface area contributed by atoms with Crippen molar-refractivity contribution < 1.29 is 14.6 Å². The van der Waals surface area contributed by atoms with E-state index in [-0.39, 0.29) is 24.6 Å². The molecule has 1 amide bonds. The van der Waals surface area contributed by atoms with Gasteiger partial charge in [-0.15, -0.1) is 0 Å². The number of hydrogen-bond acceptors (Lipinski definition) is 7. The maximum atomic E-state index is 13.2. The normalized spacial score (nSPS) is 19.2. The smallest absolute Gasteiger partial charge is 0.275 e. The highest BCUT2D eigenvalue weighted by Crippen LogP contribution is 2.30. The van der Waals surface area contributed by atoms with E-state index >= 15 is 0 Å². The number of pyridine rings is 1. The highest BCUT2D eigenvalue weighted by Gasteiger charge is 2.34. The van der Waals surface area contributed by atoms with Gasteiger partial charge in [0, 0.05) is 37.2 Å². The van der Waals surface area contributed by atoms with Crippen LogP contribution in [0, 0.1) is 17.2 Å². The van der Waals surface area contributed by atoms with Crippen LogP contribution in [0.4, 0.5) is 0 Å². The molecule has 10 nitrogen and oxygen atoms in total. The van der Waals surface area contributed by atoms with Gasteiger partial charge < -0.3 is 19.1 Å². The number of amides is 1. The van der Waals surface area contributed by atoms with Gasteiger partial charge in [0.25, 0.3) is 5.56 Å². The van der Waals surface area contributed by atoms with Gasteiger partial charge in [0.05, 0.1) is 40.7 Å². The maximum Gasteiger partial charge on any atom is 0.275 e. The molecule has 194 valence electrons. The van der Waals surface area contributed by atoms with E-state index in [2.05, 4.69) is 11.2 Å². The summed E-state index contributed by atoms with van der Waals surface area (Å²) >= 11 is 0. The number of hydrogen-bond donors (Lipinski definition) is 1. The van der Waals surface area contributed by atoms with Crippen LogP contribution < -0.4 is 10.3 Å². The van der Waals surface area contributed by atoms with Gasteiger partial charge in [-0.05, 0) is 38.2 Å². The molecule has 1 aliphatic heterocycles. The van der Waals surface area contributed by atoms with Gasteiger partial charge in [-0.1, -0.05) is 18.2 Å². The third-order valence-corrected chi connectivity index (χ3v) is 7.28. The second-order valence-corrected chi connectivity index (χ2v) is 10.6. The van der Waals surface area contributed by atoms with Crippen molar-refractivity contribution in [3.8, 4) is 11.8 Å². The molecule has 4 aromatic rings. The van der Waals surface area contributed by atoms with Crippen molar-refractivity contribution in [1.82, 2.24) is 24.1 Å². The summed E-state index contributed by atoms with van der Waals surface area (Å²) in [7, 11) is 0. The average Bonchev–Trinajstić information content (AvgIpc) is 3.54. The zero-order valence-electron chi connectivity index (χ0n) is 21.1. The van der Waals surface area contributed by atoms with Crippen molar-refractivity contribution in [3.63, 3.8) is 0 Å². The number of ether oxygens (including phenoxy) is 1. The summed E-state index contributed by atoms with van der Waals surface area (Å²) in [5, 5.41) is 25.6. The molecule has 1 aliphatic carbocycles. The standard InChI is InChI=1S/C28H28N6O4/c1-28(37)8-9-32(17-28)26(35)15-34-27(36)22-5-3-2-4-21(22)23(31-34)11-20-13-33-14-24(38-16-18-6-7-18)19(12-29)10-25(33)30-20/h2-5,10,13-14,18,37H,6-9,11,15-17H2,1H3. The van der Waals surface area contributed by atoms with Gasteiger partial charge in [-0.3, -0.25) is 9.59 Å². The molecule has 1 atom stereocenters. The Kier molecular flexibility index (Phi) is 5.88. The minimum Gasteiger partial charge on any atom is -0.490 e. The fourth-order valence-corrected chi connectivity index (χ4v) is 4.95. The summed E-state index contributed by atoms with van der Waals surface area (Å²) in [6.07, 6.45) is 6.79. The molecule has 3 aromatic heterocycles. The molecule has 10 heteroatoms. The van der Waals surface area contributed by atoms with Crippen molar-refractivity contribution in [1.29, 1.82) is 5.26 Å². The summed E-state index contributed by atoms with van der Waals surface area (Å²) in [4.78, 5) is 32.4. The highest BCUT2D eigenvalue weighted by molar-refractivity contribution is 5.84. The van der Waals surface area contributed by atoms with Gasteiger partial charge >= 0.3 is 0 Å². The summed E-state index contributed by atoms with van der Waals surface area (Å²) < 4.78 is 8.93. The topological polar surface area (TPSA) is 126 Å². The average molecular weight is 513 g/mol. The first-order valence-electron chi connectivity index (χ1n) is 12.8. The van der Waals surface area contributed by atoms with Crippen LogP contribution in [-0.2, 0) is 17.8 Å². The molecule has 2 aliphatic rings. The van der Waals surface area contributed by atoms with Crippen LogP contribution in [0.2, 0.25) is 0 Å².